The van der Waals surface area contributed by atoms with E-state index in [2.05, 4.69) is 60.2 Å². The highest BCUT2D eigenvalue weighted by Gasteiger charge is 2.08. The van der Waals surface area contributed by atoms with Gasteiger partial charge in [-0.05, 0) is 36.1 Å². The van der Waals surface area contributed by atoms with Crippen molar-refractivity contribution < 1.29 is 0 Å². The summed E-state index contributed by atoms with van der Waals surface area (Å²) in [5.41, 5.74) is 2.31. The second-order valence-corrected chi connectivity index (χ2v) is 5.78. The maximum atomic E-state index is 4.65. The maximum Gasteiger partial charge on any atom is 0.155 e. The van der Waals surface area contributed by atoms with Gasteiger partial charge in [0.05, 0.1) is 0 Å². The van der Waals surface area contributed by atoms with Crippen molar-refractivity contribution in [1.29, 1.82) is 0 Å². The van der Waals surface area contributed by atoms with Crippen LogP contribution in [0.3, 0.4) is 0 Å². The third kappa shape index (κ3) is 3.87. The zero-order valence-corrected chi connectivity index (χ0v) is 12.7. The Kier molecular flexibility index (Phi) is 4.84. The summed E-state index contributed by atoms with van der Waals surface area (Å²) in [4.78, 5) is 8.64. The number of aromatic nitrogens is 4. The first-order valence-electron chi connectivity index (χ1n) is 7.13. The molecule has 20 heavy (non-hydrogen) atoms. The zero-order chi connectivity index (χ0) is 14.5. The van der Waals surface area contributed by atoms with Gasteiger partial charge in [-0.3, -0.25) is 0 Å². The quantitative estimate of drug-likeness (QED) is 0.878. The van der Waals surface area contributed by atoms with E-state index in [-0.39, 0.29) is 0 Å². The molecule has 0 aromatic carbocycles. The van der Waals surface area contributed by atoms with Crippen LogP contribution in [0.4, 0.5) is 0 Å². The lowest BCUT2D eigenvalue weighted by Gasteiger charge is -2.12. The molecular weight excluding hydrogens is 250 g/mol. The van der Waals surface area contributed by atoms with Crippen LogP contribution in [0.15, 0.2) is 24.8 Å². The molecule has 0 spiro atoms. The molecule has 0 fully saturated rings. The lowest BCUT2D eigenvalue weighted by molar-refractivity contribution is 0.551. The Labute approximate surface area is 120 Å². The van der Waals surface area contributed by atoms with Gasteiger partial charge in [0, 0.05) is 12.2 Å². The van der Waals surface area contributed by atoms with Crippen LogP contribution in [0, 0.1) is 5.92 Å². The van der Waals surface area contributed by atoms with Gasteiger partial charge in [0.1, 0.15) is 12.7 Å². The van der Waals surface area contributed by atoms with E-state index in [1.807, 2.05) is 0 Å². The highest BCUT2D eigenvalue weighted by molar-refractivity contribution is 5.31. The van der Waals surface area contributed by atoms with Crippen molar-refractivity contribution in [2.45, 2.75) is 40.2 Å². The predicted molar refractivity (Wildman–Crippen MR) is 79.8 cm³/mol. The summed E-state index contributed by atoms with van der Waals surface area (Å²) >= 11 is 0. The van der Waals surface area contributed by atoms with E-state index >= 15 is 0 Å². The van der Waals surface area contributed by atoms with Crippen molar-refractivity contribution in [3.63, 3.8) is 0 Å². The molecule has 0 aliphatic heterocycles. The summed E-state index contributed by atoms with van der Waals surface area (Å²) in [6, 6.07) is 4.23. The topological polar surface area (TPSA) is 55.6 Å². The molecule has 0 aliphatic carbocycles. The largest absolute Gasteiger partial charge is 0.312 e. The number of hydrogen-bond acceptors (Lipinski definition) is 4. The van der Waals surface area contributed by atoms with Crippen molar-refractivity contribution >= 4 is 0 Å². The molecule has 0 unspecified atom stereocenters. The van der Waals surface area contributed by atoms with Crippen molar-refractivity contribution in [1.82, 2.24) is 25.1 Å². The minimum absolute atomic E-state index is 0.391. The summed E-state index contributed by atoms with van der Waals surface area (Å²) in [6.07, 6.45) is 3.21. The van der Waals surface area contributed by atoms with Crippen LogP contribution in [0.2, 0.25) is 0 Å². The minimum Gasteiger partial charge on any atom is -0.312 e. The lowest BCUT2D eigenvalue weighted by atomic mass is 10.1. The molecule has 2 heterocycles. The van der Waals surface area contributed by atoms with E-state index in [9.17, 15) is 0 Å². The Hall–Kier alpha value is -1.75. The monoisotopic (exact) mass is 273 g/mol. The fourth-order valence-corrected chi connectivity index (χ4v) is 1.94. The first-order chi connectivity index (χ1) is 9.56. The van der Waals surface area contributed by atoms with Crippen LogP contribution in [0.5, 0.6) is 0 Å². The van der Waals surface area contributed by atoms with Crippen molar-refractivity contribution in [3.8, 4) is 5.82 Å². The van der Waals surface area contributed by atoms with E-state index in [0.717, 1.165) is 24.6 Å². The Morgan fingerprint density at radius 1 is 1.20 bits per heavy atom. The van der Waals surface area contributed by atoms with Crippen LogP contribution < -0.4 is 5.32 Å². The van der Waals surface area contributed by atoms with Gasteiger partial charge in [0.15, 0.2) is 5.82 Å². The molecule has 0 saturated carbocycles. The minimum atomic E-state index is 0.391. The van der Waals surface area contributed by atoms with Crippen molar-refractivity contribution in [2.75, 3.05) is 6.54 Å². The highest BCUT2D eigenvalue weighted by Crippen LogP contribution is 2.16. The number of pyridine rings is 1. The molecule has 108 valence electrons. The third-order valence-electron chi connectivity index (χ3n) is 3.02. The van der Waals surface area contributed by atoms with E-state index in [4.69, 9.17) is 0 Å². The van der Waals surface area contributed by atoms with Crippen LogP contribution in [0.25, 0.3) is 5.82 Å². The Bertz CT molecular complexity index is 531. The van der Waals surface area contributed by atoms with Gasteiger partial charge in [-0.25, -0.2) is 14.6 Å². The van der Waals surface area contributed by atoms with Crippen molar-refractivity contribution in [3.05, 3.63) is 36.0 Å². The van der Waals surface area contributed by atoms with Gasteiger partial charge in [-0.1, -0.05) is 27.7 Å². The van der Waals surface area contributed by atoms with Gasteiger partial charge < -0.3 is 5.32 Å². The Balaban J connectivity index is 2.22. The maximum absolute atomic E-state index is 4.65. The summed E-state index contributed by atoms with van der Waals surface area (Å²) in [6.45, 7) is 10.6. The Morgan fingerprint density at radius 3 is 2.60 bits per heavy atom. The summed E-state index contributed by atoms with van der Waals surface area (Å²) in [7, 11) is 0. The van der Waals surface area contributed by atoms with E-state index in [1.54, 1.807) is 11.0 Å². The van der Waals surface area contributed by atoms with Gasteiger partial charge in [-0.2, -0.15) is 5.10 Å². The highest BCUT2D eigenvalue weighted by atomic mass is 15.3. The van der Waals surface area contributed by atoms with Crippen LogP contribution in [-0.4, -0.2) is 26.3 Å². The average molecular weight is 273 g/mol. The molecular formula is C15H23N5. The van der Waals surface area contributed by atoms with Crippen LogP contribution >= 0.6 is 0 Å². The van der Waals surface area contributed by atoms with Crippen LogP contribution in [0.1, 0.15) is 44.9 Å². The number of hydrogen-bond donors (Lipinski definition) is 1. The normalized spacial score (nSPS) is 11.5. The average Bonchev–Trinajstić information content (AvgIpc) is 2.91. The fraction of sp³-hybridized carbons (Fsp3) is 0.533. The van der Waals surface area contributed by atoms with Gasteiger partial charge in [0.2, 0.25) is 0 Å². The van der Waals surface area contributed by atoms with Crippen molar-refractivity contribution in [2.24, 2.45) is 5.92 Å². The number of nitrogens with zero attached hydrogens (tertiary/aromatic N) is 4. The zero-order valence-electron chi connectivity index (χ0n) is 12.7. The standard InChI is InChI=1S/C15H23N5/c1-11(2)7-16-8-13-5-14(12(3)4)19-15(6-13)20-10-17-9-18-20/h5-6,9-12,16H,7-8H2,1-4H3. The molecule has 5 nitrogen and oxygen atoms in total. The molecule has 0 saturated heterocycles. The smallest absolute Gasteiger partial charge is 0.155 e. The molecule has 0 bridgehead atoms. The second-order valence-electron chi connectivity index (χ2n) is 5.78. The Morgan fingerprint density at radius 2 is 2.00 bits per heavy atom. The van der Waals surface area contributed by atoms with Gasteiger partial charge >= 0.3 is 0 Å². The molecule has 2 rings (SSSR count). The molecule has 0 atom stereocenters. The molecule has 0 aliphatic rings. The first kappa shape index (κ1) is 14.7. The fourth-order valence-electron chi connectivity index (χ4n) is 1.94. The van der Waals surface area contributed by atoms with E-state index in [1.165, 1.54) is 11.9 Å². The summed E-state index contributed by atoms with van der Waals surface area (Å²) < 4.78 is 1.71. The predicted octanol–water partition coefficient (Wildman–Crippen LogP) is 2.53. The van der Waals surface area contributed by atoms with Gasteiger partial charge in [-0.15, -0.1) is 0 Å². The number of nitrogens with one attached hydrogen (secondary N) is 1. The molecule has 2 aromatic rings. The molecule has 5 heteroatoms. The van der Waals surface area contributed by atoms with Gasteiger partial charge in [0.25, 0.3) is 0 Å². The summed E-state index contributed by atoms with van der Waals surface area (Å²) in [5, 5.41) is 7.63. The first-order valence-corrected chi connectivity index (χ1v) is 7.13. The molecule has 1 N–H and O–H groups in total. The number of rotatable bonds is 6. The third-order valence-corrected chi connectivity index (χ3v) is 3.02. The second kappa shape index (κ2) is 6.61. The van der Waals surface area contributed by atoms with E-state index < -0.39 is 0 Å². The van der Waals surface area contributed by atoms with E-state index in [0.29, 0.717) is 11.8 Å². The molecule has 0 radical (unpaired) electrons. The summed E-state index contributed by atoms with van der Waals surface area (Å²) in [5.74, 6) is 1.87. The molecule has 0 amide bonds. The molecule has 2 aromatic heterocycles. The van der Waals surface area contributed by atoms with Crippen LogP contribution in [-0.2, 0) is 6.54 Å². The lowest BCUT2D eigenvalue weighted by Crippen LogP contribution is -2.19. The SMILES string of the molecule is CC(C)CNCc1cc(C(C)C)nc(-n2cncn2)c1.